The minimum Gasteiger partial charge on any atom is -0.497 e. The van der Waals surface area contributed by atoms with Gasteiger partial charge in [-0.1, -0.05) is 19.9 Å². The second-order valence-electron chi connectivity index (χ2n) is 8.12. The third kappa shape index (κ3) is 4.74. The third-order valence-corrected chi connectivity index (χ3v) is 5.65. The molecule has 0 N–H and O–H groups in total. The Labute approximate surface area is 183 Å². The summed E-state index contributed by atoms with van der Waals surface area (Å²) in [6.07, 6.45) is 3.52. The van der Waals surface area contributed by atoms with Gasteiger partial charge >= 0.3 is 0 Å². The number of methoxy groups -OCH3 is 1. The monoisotopic (exact) mass is 416 g/mol. The van der Waals surface area contributed by atoms with Crippen molar-refractivity contribution in [2.24, 2.45) is 0 Å². The third-order valence-electron chi connectivity index (χ3n) is 5.65. The molecule has 160 valence electrons. The molecule has 0 saturated carbocycles. The number of carbonyl (C=O) groups excluding carboxylic acids is 1. The fourth-order valence-electron chi connectivity index (χ4n) is 3.88. The van der Waals surface area contributed by atoms with Crippen molar-refractivity contribution in [3.05, 3.63) is 71.4 Å². The number of hydrogen-bond acceptors (Lipinski definition) is 5. The number of fused-ring (bicyclic) bond motifs is 1. The second kappa shape index (κ2) is 9.25. The Morgan fingerprint density at radius 2 is 1.84 bits per heavy atom. The molecular formula is C25H28N4O2. The average Bonchev–Trinajstić information content (AvgIpc) is 3.02. The highest BCUT2D eigenvalue weighted by atomic mass is 16.5. The van der Waals surface area contributed by atoms with E-state index in [1.165, 1.54) is 0 Å². The first-order chi connectivity index (χ1) is 15.0. The molecular weight excluding hydrogens is 388 g/mol. The zero-order valence-corrected chi connectivity index (χ0v) is 18.3. The number of aromatic nitrogens is 3. The van der Waals surface area contributed by atoms with Crippen LogP contribution in [-0.4, -0.2) is 46.0 Å². The summed E-state index contributed by atoms with van der Waals surface area (Å²) >= 11 is 0. The molecule has 1 aliphatic rings. The maximum absolute atomic E-state index is 12.9. The molecule has 3 aromatic rings. The van der Waals surface area contributed by atoms with Gasteiger partial charge in [0.15, 0.2) is 0 Å². The molecule has 0 spiro atoms. The molecule has 1 aliphatic heterocycles. The number of rotatable bonds is 5. The minimum absolute atomic E-state index is 0.106. The van der Waals surface area contributed by atoms with Crippen molar-refractivity contribution in [1.82, 2.24) is 19.9 Å². The highest BCUT2D eigenvalue weighted by molar-refractivity contribution is 5.78. The second-order valence-corrected chi connectivity index (χ2v) is 8.12. The van der Waals surface area contributed by atoms with Crippen molar-refractivity contribution in [2.45, 2.75) is 39.0 Å². The molecule has 0 saturated heterocycles. The number of ether oxygens (including phenoxy) is 1. The molecule has 3 heterocycles. The molecule has 0 unspecified atom stereocenters. The van der Waals surface area contributed by atoms with Crippen LogP contribution in [0.5, 0.6) is 5.75 Å². The number of amides is 1. The Kier molecular flexibility index (Phi) is 6.26. The summed E-state index contributed by atoms with van der Waals surface area (Å²) in [5.41, 5.74) is 5.01. The molecule has 0 fully saturated rings. The fourth-order valence-corrected chi connectivity index (χ4v) is 3.88. The maximum atomic E-state index is 12.9. The molecule has 4 rings (SSSR count). The number of nitrogens with zero attached hydrogens (tertiary/aromatic N) is 4. The zero-order chi connectivity index (χ0) is 21.8. The first-order valence-corrected chi connectivity index (χ1v) is 10.8. The van der Waals surface area contributed by atoms with Gasteiger partial charge in [0.2, 0.25) is 5.91 Å². The molecule has 31 heavy (non-hydrogen) atoms. The summed E-state index contributed by atoms with van der Waals surface area (Å²) in [5.74, 6) is 2.00. The predicted molar refractivity (Wildman–Crippen MR) is 120 cm³/mol. The Hall–Kier alpha value is -3.28. The van der Waals surface area contributed by atoms with Crippen molar-refractivity contribution in [2.75, 3.05) is 20.2 Å². The van der Waals surface area contributed by atoms with E-state index >= 15 is 0 Å². The van der Waals surface area contributed by atoms with Gasteiger partial charge < -0.3 is 9.64 Å². The van der Waals surface area contributed by atoms with E-state index in [4.69, 9.17) is 14.7 Å². The first kappa shape index (κ1) is 21.0. The number of hydrogen-bond donors (Lipinski definition) is 0. The van der Waals surface area contributed by atoms with Crippen LogP contribution >= 0.6 is 0 Å². The average molecular weight is 417 g/mol. The molecule has 0 aliphatic carbocycles. The lowest BCUT2D eigenvalue weighted by molar-refractivity contribution is -0.130. The Morgan fingerprint density at radius 1 is 1.06 bits per heavy atom. The van der Waals surface area contributed by atoms with E-state index in [2.05, 4.69) is 18.8 Å². The molecule has 6 heteroatoms. The van der Waals surface area contributed by atoms with Crippen LogP contribution in [0.1, 0.15) is 42.5 Å². The fraction of sp³-hybridized carbons (Fsp3) is 0.360. The number of benzene rings is 1. The largest absolute Gasteiger partial charge is 0.497 e. The molecule has 0 bridgehead atoms. The number of carbonyl (C=O) groups is 1. The number of pyridine rings is 1. The van der Waals surface area contributed by atoms with Crippen LogP contribution in [0.25, 0.3) is 11.3 Å². The van der Waals surface area contributed by atoms with Crippen LogP contribution in [0.3, 0.4) is 0 Å². The van der Waals surface area contributed by atoms with Gasteiger partial charge in [0.25, 0.3) is 0 Å². The molecule has 1 amide bonds. The van der Waals surface area contributed by atoms with E-state index in [1.54, 1.807) is 13.3 Å². The van der Waals surface area contributed by atoms with Crippen LogP contribution in [0, 0.1) is 0 Å². The van der Waals surface area contributed by atoms with E-state index < -0.39 is 0 Å². The summed E-state index contributed by atoms with van der Waals surface area (Å²) in [4.78, 5) is 28.9. The van der Waals surface area contributed by atoms with Crippen LogP contribution in [0.15, 0.2) is 48.7 Å². The quantitative estimate of drug-likeness (QED) is 0.632. The molecule has 0 atom stereocenters. The normalized spacial score (nSPS) is 13.6. The van der Waals surface area contributed by atoms with Gasteiger partial charge in [-0.3, -0.25) is 9.78 Å². The van der Waals surface area contributed by atoms with Crippen LogP contribution in [-0.2, 0) is 24.1 Å². The highest BCUT2D eigenvalue weighted by Gasteiger charge is 2.24. The topological polar surface area (TPSA) is 68.2 Å². The Bertz CT molecular complexity index is 1050. The van der Waals surface area contributed by atoms with Crippen molar-refractivity contribution < 1.29 is 9.53 Å². The van der Waals surface area contributed by atoms with Crippen molar-refractivity contribution >= 4 is 5.91 Å². The summed E-state index contributed by atoms with van der Waals surface area (Å²) in [6, 6.07) is 13.7. The Balaban J connectivity index is 1.62. The minimum atomic E-state index is 0.106. The van der Waals surface area contributed by atoms with Crippen molar-refractivity contribution in [3.63, 3.8) is 0 Å². The Morgan fingerprint density at radius 3 is 2.52 bits per heavy atom. The van der Waals surface area contributed by atoms with Crippen LogP contribution in [0.4, 0.5) is 0 Å². The lowest BCUT2D eigenvalue weighted by Gasteiger charge is -2.20. The SMILES string of the molecule is COc1ccc(-c2nc(C(C)C)nc3c2CCN(C(=O)Cc2ccccn2)CC3)cc1. The zero-order valence-electron chi connectivity index (χ0n) is 18.3. The van der Waals surface area contributed by atoms with Gasteiger partial charge in [-0.15, -0.1) is 0 Å². The van der Waals surface area contributed by atoms with Crippen molar-refractivity contribution in [1.29, 1.82) is 0 Å². The summed E-state index contributed by atoms with van der Waals surface area (Å²) in [6.45, 7) is 5.54. The molecule has 1 aromatic carbocycles. The molecule has 0 radical (unpaired) electrons. The van der Waals surface area contributed by atoms with Crippen molar-refractivity contribution in [3.8, 4) is 17.0 Å². The molecule has 2 aromatic heterocycles. The van der Waals surface area contributed by atoms with E-state index in [1.807, 2.05) is 47.4 Å². The predicted octanol–water partition coefficient (Wildman–Crippen LogP) is 3.84. The van der Waals surface area contributed by atoms with Gasteiger partial charge in [0, 0.05) is 54.1 Å². The van der Waals surface area contributed by atoms with Crippen LogP contribution < -0.4 is 4.74 Å². The van der Waals surface area contributed by atoms with Gasteiger partial charge in [-0.05, 0) is 42.8 Å². The highest BCUT2D eigenvalue weighted by Crippen LogP contribution is 2.29. The van der Waals surface area contributed by atoms with E-state index in [9.17, 15) is 4.79 Å². The van der Waals surface area contributed by atoms with Gasteiger partial charge in [-0.25, -0.2) is 9.97 Å². The van der Waals surface area contributed by atoms with Gasteiger partial charge in [0.1, 0.15) is 11.6 Å². The first-order valence-electron chi connectivity index (χ1n) is 10.8. The smallest absolute Gasteiger partial charge is 0.228 e. The van der Waals surface area contributed by atoms with Gasteiger partial charge in [0.05, 0.1) is 19.2 Å². The van der Waals surface area contributed by atoms with Crippen LogP contribution in [0.2, 0.25) is 0 Å². The summed E-state index contributed by atoms with van der Waals surface area (Å²) < 4.78 is 5.31. The lowest BCUT2D eigenvalue weighted by Crippen LogP contribution is -2.34. The summed E-state index contributed by atoms with van der Waals surface area (Å²) in [5, 5.41) is 0. The summed E-state index contributed by atoms with van der Waals surface area (Å²) in [7, 11) is 1.67. The van der Waals surface area contributed by atoms with E-state index in [-0.39, 0.29) is 11.8 Å². The van der Waals surface area contributed by atoms with E-state index in [0.29, 0.717) is 19.5 Å². The van der Waals surface area contributed by atoms with Gasteiger partial charge in [-0.2, -0.15) is 0 Å². The standard InChI is InChI=1S/C25H28N4O2/c1-17(2)25-27-22-12-15-29(23(30)16-19-6-4-5-13-26-19)14-11-21(22)24(28-25)18-7-9-20(31-3)10-8-18/h4-10,13,17H,11-12,14-16H2,1-3H3. The molecule has 6 nitrogen and oxygen atoms in total. The maximum Gasteiger partial charge on any atom is 0.228 e. The van der Waals surface area contributed by atoms with E-state index in [0.717, 1.165) is 52.6 Å². The lowest BCUT2D eigenvalue weighted by atomic mass is 10.00.